The molecule has 1 aromatic carbocycles. The Morgan fingerprint density at radius 3 is 2.68 bits per heavy atom. The third-order valence-electron chi connectivity index (χ3n) is 2.76. The van der Waals surface area contributed by atoms with Gasteiger partial charge in [0.25, 0.3) is 5.56 Å². The second kappa shape index (κ2) is 6.15. The van der Waals surface area contributed by atoms with Crippen molar-refractivity contribution in [2.45, 2.75) is 13.5 Å². The molecule has 0 bridgehead atoms. The normalized spacial score (nSPS) is 10.4. The summed E-state index contributed by atoms with van der Waals surface area (Å²) in [6.45, 7) is 2.80. The molecule has 2 rings (SSSR count). The van der Waals surface area contributed by atoms with Crippen molar-refractivity contribution >= 4 is 5.82 Å². The van der Waals surface area contributed by atoms with E-state index in [0.717, 1.165) is 5.56 Å². The molecule has 100 valence electrons. The quantitative estimate of drug-likeness (QED) is 0.843. The maximum Gasteiger partial charge on any atom is 0.252 e. The van der Waals surface area contributed by atoms with Crippen LogP contribution in [0.5, 0.6) is 0 Å². The molecule has 0 amide bonds. The zero-order valence-electron chi connectivity index (χ0n) is 10.8. The van der Waals surface area contributed by atoms with Gasteiger partial charge in [0.15, 0.2) is 0 Å². The number of aromatic amines is 1. The molecule has 0 aliphatic heterocycles. The molecule has 0 saturated carbocycles. The van der Waals surface area contributed by atoms with Crippen molar-refractivity contribution in [3.05, 3.63) is 58.1 Å². The maximum absolute atomic E-state index is 11.5. The van der Waals surface area contributed by atoms with E-state index in [9.17, 15) is 4.79 Å². The van der Waals surface area contributed by atoms with Crippen LogP contribution in [0.15, 0.2) is 41.2 Å². The average Bonchev–Trinajstić information content (AvgIpc) is 2.38. The molecule has 0 radical (unpaired) electrons. The first-order valence-electron chi connectivity index (χ1n) is 6.17. The number of hydrogen-bond donors (Lipinski definition) is 2. The van der Waals surface area contributed by atoms with Crippen LogP contribution in [0.2, 0.25) is 0 Å². The topological polar surface area (TPSA) is 69.2 Å². The molecule has 0 unspecified atom stereocenters. The minimum atomic E-state index is -0.182. The zero-order valence-corrected chi connectivity index (χ0v) is 10.8. The van der Waals surface area contributed by atoms with Crippen molar-refractivity contribution in [1.29, 1.82) is 0 Å². The lowest BCUT2D eigenvalue weighted by Crippen LogP contribution is -2.28. The van der Waals surface area contributed by atoms with Crippen LogP contribution in [0, 0.1) is 6.92 Å². The summed E-state index contributed by atoms with van der Waals surface area (Å²) in [6, 6.07) is 11.3. The number of H-pyrrole nitrogens is 1. The van der Waals surface area contributed by atoms with Crippen molar-refractivity contribution in [3.63, 3.8) is 0 Å². The molecule has 0 spiro atoms. The fourth-order valence-electron chi connectivity index (χ4n) is 1.92. The van der Waals surface area contributed by atoms with Crippen LogP contribution in [-0.4, -0.2) is 28.2 Å². The second-order valence-electron chi connectivity index (χ2n) is 4.32. The van der Waals surface area contributed by atoms with E-state index in [-0.39, 0.29) is 12.2 Å². The van der Waals surface area contributed by atoms with Crippen LogP contribution in [0.3, 0.4) is 0 Å². The Balaban J connectivity index is 2.26. The van der Waals surface area contributed by atoms with Gasteiger partial charge in [-0.15, -0.1) is 0 Å². The Morgan fingerprint density at radius 1 is 1.32 bits per heavy atom. The third-order valence-corrected chi connectivity index (χ3v) is 2.76. The number of anilines is 1. The Morgan fingerprint density at radius 2 is 2.05 bits per heavy atom. The summed E-state index contributed by atoms with van der Waals surface area (Å²) >= 11 is 0. The van der Waals surface area contributed by atoms with Crippen LogP contribution in [0.1, 0.15) is 11.4 Å². The first-order chi connectivity index (χ1) is 9.19. The summed E-state index contributed by atoms with van der Waals surface area (Å²) in [4.78, 5) is 20.3. The van der Waals surface area contributed by atoms with E-state index in [2.05, 4.69) is 9.97 Å². The number of aryl methyl sites for hydroxylation is 1. The van der Waals surface area contributed by atoms with Gasteiger partial charge in [-0.2, -0.15) is 0 Å². The molecule has 5 nitrogen and oxygen atoms in total. The summed E-state index contributed by atoms with van der Waals surface area (Å²) in [5.41, 5.74) is 0.925. The second-order valence-corrected chi connectivity index (χ2v) is 4.32. The van der Waals surface area contributed by atoms with Crippen LogP contribution in [0.4, 0.5) is 5.82 Å². The van der Waals surface area contributed by atoms with Crippen molar-refractivity contribution < 1.29 is 5.11 Å². The number of benzene rings is 1. The fraction of sp³-hybridized carbons (Fsp3) is 0.286. The van der Waals surface area contributed by atoms with E-state index >= 15 is 0 Å². The first kappa shape index (κ1) is 13.3. The standard InChI is InChI=1S/C14H17N3O2/c1-11-15-13(9-14(19)16-11)17(7-8-18)10-12-5-3-2-4-6-12/h2-6,9,18H,7-8,10H2,1H3,(H,15,16,19). The molecular formula is C14H17N3O2. The summed E-state index contributed by atoms with van der Waals surface area (Å²) in [7, 11) is 0. The van der Waals surface area contributed by atoms with Gasteiger partial charge in [-0.05, 0) is 12.5 Å². The van der Waals surface area contributed by atoms with Gasteiger partial charge in [0.05, 0.1) is 6.61 Å². The van der Waals surface area contributed by atoms with Gasteiger partial charge in [0.2, 0.25) is 0 Å². The predicted molar refractivity (Wildman–Crippen MR) is 74.2 cm³/mol. The lowest BCUT2D eigenvalue weighted by molar-refractivity contribution is 0.301. The number of nitrogens with one attached hydrogen (secondary N) is 1. The highest BCUT2D eigenvalue weighted by atomic mass is 16.3. The molecule has 2 aromatic rings. The minimum absolute atomic E-state index is 0.0142. The van der Waals surface area contributed by atoms with E-state index in [1.54, 1.807) is 6.92 Å². The monoisotopic (exact) mass is 259 g/mol. The van der Waals surface area contributed by atoms with Gasteiger partial charge in [-0.1, -0.05) is 30.3 Å². The molecule has 1 aromatic heterocycles. The van der Waals surface area contributed by atoms with Crippen molar-refractivity contribution in [2.75, 3.05) is 18.1 Å². The highest BCUT2D eigenvalue weighted by Gasteiger charge is 2.09. The highest BCUT2D eigenvalue weighted by molar-refractivity contribution is 5.38. The van der Waals surface area contributed by atoms with E-state index in [4.69, 9.17) is 5.11 Å². The number of hydrogen-bond acceptors (Lipinski definition) is 4. The van der Waals surface area contributed by atoms with E-state index in [1.807, 2.05) is 35.2 Å². The van der Waals surface area contributed by atoms with Crippen LogP contribution in [-0.2, 0) is 6.54 Å². The first-order valence-corrected chi connectivity index (χ1v) is 6.17. The molecule has 1 heterocycles. The number of rotatable bonds is 5. The van der Waals surface area contributed by atoms with Gasteiger partial charge >= 0.3 is 0 Å². The highest BCUT2D eigenvalue weighted by Crippen LogP contribution is 2.12. The maximum atomic E-state index is 11.5. The van der Waals surface area contributed by atoms with Crippen LogP contribution >= 0.6 is 0 Å². The number of aromatic nitrogens is 2. The van der Waals surface area contributed by atoms with Gasteiger partial charge in [-0.3, -0.25) is 4.79 Å². The Kier molecular flexibility index (Phi) is 4.30. The SMILES string of the molecule is Cc1nc(N(CCO)Cc2ccccc2)cc(=O)[nH]1. The Hall–Kier alpha value is -2.14. The number of aliphatic hydroxyl groups is 1. The number of aliphatic hydroxyl groups excluding tert-OH is 1. The summed E-state index contributed by atoms with van der Waals surface area (Å²) in [5, 5.41) is 9.16. The summed E-state index contributed by atoms with van der Waals surface area (Å²) in [6.07, 6.45) is 0. The molecule has 0 aliphatic carbocycles. The minimum Gasteiger partial charge on any atom is -0.395 e. The van der Waals surface area contributed by atoms with Gasteiger partial charge in [0, 0.05) is 19.2 Å². The molecule has 19 heavy (non-hydrogen) atoms. The molecule has 0 saturated heterocycles. The molecule has 0 atom stereocenters. The van der Waals surface area contributed by atoms with Crippen LogP contribution in [0.25, 0.3) is 0 Å². The fourth-order valence-corrected chi connectivity index (χ4v) is 1.92. The zero-order chi connectivity index (χ0) is 13.7. The van der Waals surface area contributed by atoms with Crippen molar-refractivity contribution in [3.8, 4) is 0 Å². The van der Waals surface area contributed by atoms with E-state index in [0.29, 0.717) is 24.7 Å². The Bertz CT molecular complexity index is 581. The lowest BCUT2D eigenvalue weighted by atomic mass is 10.2. The van der Waals surface area contributed by atoms with Crippen molar-refractivity contribution in [2.24, 2.45) is 0 Å². The van der Waals surface area contributed by atoms with Gasteiger partial charge < -0.3 is 15.0 Å². The summed E-state index contributed by atoms with van der Waals surface area (Å²) < 4.78 is 0. The smallest absolute Gasteiger partial charge is 0.252 e. The molecule has 5 heteroatoms. The van der Waals surface area contributed by atoms with E-state index < -0.39 is 0 Å². The third kappa shape index (κ3) is 3.66. The van der Waals surface area contributed by atoms with Gasteiger partial charge in [0.1, 0.15) is 11.6 Å². The molecule has 0 aliphatic rings. The van der Waals surface area contributed by atoms with Crippen LogP contribution < -0.4 is 10.5 Å². The van der Waals surface area contributed by atoms with E-state index in [1.165, 1.54) is 6.07 Å². The lowest BCUT2D eigenvalue weighted by Gasteiger charge is -2.22. The Labute approximate surface area is 111 Å². The molecule has 2 N–H and O–H groups in total. The average molecular weight is 259 g/mol. The number of nitrogens with zero attached hydrogens (tertiary/aromatic N) is 2. The summed E-state index contributed by atoms with van der Waals surface area (Å²) in [5.74, 6) is 1.15. The largest absolute Gasteiger partial charge is 0.395 e. The molecular weight excluding hydrogens is 242 g/mol. The molecule has 0 fully saturated rings. The van der Waals surface area contributed by atoms with Gasteiger partial charge in [-0.25, -0.2) is 4.98 Å². The van der Waals surface area contributed by atoms with Crippen molar-refractivity contribution in [1.82, 2.24) is 9.97 Å². The predicted octanol–water partition coefficient (Wildman–Crippen LogP) is 1.08.